The van der Waals surface area contributed by atoms with Crippen LogP contribution in [-0.2, 0) is 6.42 Å². The highest BCUT2D eigenvalue weighted by Crippen LogP contribution is 2.24. The zero-order valence-corrected chi connectivity index (χ0v) is 20.5. The molecule has 0 fully saturated rings. The number of hydrogen-bond acceptors (Lipinski definition) is 4. The van der Waals surface area contributed by atoms with Gasteiger partial charge in [-0.05, 0) is 74.0 Å². The van der Waals surface area contributed by atoms with Gasteiger partial charge in [-0.2, -0.15) is 5.10 Å². The summed E-state index contributed by atoms with van der Waals surface area (Å²) in [5.41, 5.74) is 5.10. The van der Waals surface area contributed by atoms with Crippen LogP contribution in [0.25, 0.3) is 0 Å². The lowest BCUT2D eigenvalue weighted by atomic mass is 9.92. The summed E-state index contributed by atoms with van der Waals surface area (Å²) in [6.07, 6.45) is 6.57. The van der Waals surface area contributed by atoms with Gasteiger partial charge in [-0.1, -0.05) is 39.0 Å². The van der Waals surface area contributed by atoms with Crippen LogP contribution in [0.3, 0.4) is 0 Å². The zero-order chi connectivity index (χ0) is 23.8. The van der Waals surface area contributed by atoms with Gasteiger partial charge in [-0.25, -0.2) is 0 Å². The van der Waals surface area contributed by atoms with E-state index >= 15 is 0 Å². The number of H-pyrrole nitrogens is 1. The maximum absolute atomic E-state index is 13.1. The molecule has 3 aromatic rings. The van der Waals surface area contributed by atoms with E-state index in [1.165, 1.54) is 11.1 Å². The van der Waals surface area contributed by atoms with Crippen LogP contribution in [0, 0.1) is 6.92 Å². The molecule has 0 aliphatic heterocycles. The Morgan fingerprint density at radius 1 is 1.15 bits per heavy atom. The van der Waals surface area contributed by atoms with Gasteiger partial charge < -0.3 is 10.2 Å². The minimum absolute atomic E-state index is 0.0171. The van der Waals surface area contributed by atoms with E-state index in [-0.39, 0.29) is 11.9 Å². The van der Waals surface area contributed by atoms with Crippen molar-refractivity contribution in [2.24, 2.45) is 0 Å². The van der Waals surface area contributed by atoms with Crippen LogP contribution in [0.1, 0.15) is 78.4 Å². The van der Waals surface area contributed by atoms with Crippen molar-refractivity contribution in [3.05, 3.63) is 82.9 Å². The molecular weight excluding hydrogens is 410 g/mol. The van der Waals surface area contributed by atoms with Crippen LogP contribution in [-0.4, -0.2) is 45.6 Å². The molecule has 176 valence electrons. The minimum Gasteiger partial charge on any atom is -0.333 e. The van der Waals surface area contributed by atoms with Crippen molar-refractivity contribution >= 4 is 5.91 Å². The van der Waals surface area contributed by atoms with Crippen LogP contribution >= 0.6 is 0 Å². The van der Waals surface area contributed by atoms with Gasteiger partial charge in [0.25, 0.3) is 5.91 Å². The maximum Gasteiger partial charge on any atom is 0.254 e. The number of pyridine rings is 1. The normalized spacial score (nSPS) is 14.0. The van der Waals surface area contributed by atoms with Crippen LogP contribution in [0.2, 0.25) is 0 Å². The van der Waals surface area contributed by atoms with Crippen LogP contribution in [0.5, 0.6) is 0 Å². The Bertz CT molecular complexity index is 999. The summed E-state index contributed by atoms with van der Waals surface area (Å²) in [6, 6.07) is 14.5. The molecule has 6 heteroatoms. The summed E-state index contributed by atoms with van der Waals surface area (Å²) in [4.78, 5) is 19.1. The fourth-order valence-electron chi connectivity index (χ4n) is 4.40. The van der Waals surface area contributed by atoms with E-state index in [0.29, 0.717) is 17.5 Å². The van der Waals surface area contributed by atoms with Crippen LogP contribution < -0.4 is 5.32 Å². The highest BCUT2D eigenvalue weighted by molar-refractivity contribution is 5.94. The van der Waals surface area contributed by atoms with Crippen molar-refractivity contribution in [2.75, 3.05) is 13.6 Å². The number of aryl methyl sites for hydroxylation is 1. The number of nitrogens with zero attached hydrogens (tertiary/aromatic N) is 3. The molecular formula is C27H37N5O. The molecule has 2 aromatic heterocycles. The third kappa shape index (κ3) is 6.29. The summed E-state index contributed by atoms with van der Waals surface area (Å²) in [5.74, 6) is 0.424. The summed E-state index contributed by atoms with van der Waals surface area (Å²) < 4.78 is 0. The third-order valence-corrected chi connectivity index (χ3v) is 6.52. The molecule has 6 nitrogen and oxygen atoms in total. The van der Waals surface area contributed by atoms with Gasteiger partial charge in [0.1, 0.15) is 0 Å². The molecule has 0 aliphatic carbocycles. The van der Waals surface area contributed by atoms with E-state index in [1.807, 2.05) is 50.6 Å². The largest absolute Gasteiger partial charge is 0.333 e. The lowest BCUT2D eigenvalue weighted by Crippen LogP contribution is -2.34. The van der Waals surface area contributed by atoms with Gasteiger partial charge in [0, 0.05) is 36.7 Å². The summed E-state index contributed by atoms with van der Waals surface area (Å²) in [5, 5.41) is 11.0. The number of hydrogen-bond donors (Lipinski definition) is 2. The average Bonchev–Trinajstić information content (AvgIpc) is 3.28. The van der Waals surface area contributed by atoms with Gasteiger partial charge in [0.2, 0.25) is 0 Å². The Kier molecular flexibility index (Phi) is 8.78. The Morgan fingerprint density at radius 2 is 1.91 bits per heavy atom. The first kappa shape index (κ1) is 24.6. The highest BCUT2D eigenvalue weighted by atomic mass is 16.2. The predicted molar refractivity (Wildman–Crippen MR) is 133 cm³/mol. The van der Waals surface area contributed by atoms with Gasteiger partial charge in [-0.3, -0.25) is 14.9 Å². The van der Waals surface area contributed by atoms with E-state index in [4.69, 9.17) is 0 Å². The second-order valence-electron chi connectivity index (χ2n) is 8.81. The summed E-state index contributed by atoms with van der Waals surface area (Å²) in [7, 11) is 1.85. The molecule has 0 spiro atoms. The smallest absolute Gasteiger partial charge is 0.254 e. The second-order valence-corrected chi connectivity index (χ2v) is 8.81. The first-order valence-corrected chi connectivity index (χ1v) is 12.0. The van der Waals surface area contributed by atoms with Crippen LogP contribution in [0.4, 0.5) is 0 Å². The minimum atomic E-state index is -0.0425. The molecule has 3 rings (SSSR count). The molecule has 3 atom stereocenters. The first-order chi connectivity index (χ1) is 15.9. The maximum atomic E-state index is 13.1. The second kappa shape index (κ2) is 11.8. The van der Waals surface area contributed by atoms with Crippen LogP contribution in [0.15, 0.2) is 54.9 Å². The molecule has 0 saturated carbocycles. The number of rotatable bonds is 11. The quantitative estimate of drug-likeness (QED) is 0.431. The van der Waals surface area contributed by atoms with Gasteiger partial charge >= 0.3 is 0 Å². The van der Waals surface area contributed by atoms with Gasteiger partial charge in [0.05, 0.1) is 11.7 Å². The molecule has 33 heavy (non-hydrogen) atoms. The average molecular weight is 448 g/mol. The lowest BCUT2D eigenvalue weighted by molar-refractivity contribution is 0.0722. The highest BCUT2D eigenvalue weighted by Gasteiger charge is 2.23. The van der Waals surface area contributed by atoms with Gasteiger partial charge in [-0.15, -0.1) is 0 Å². The molecule has 3 unspecified atom stereocenters. The predicted octanol–water partition coefficient (Wildman–Crippen LogP) is 5.05. The standard InChI is InChI=1S/C27H37N5O/c1-6-24(20(4)23-9-8-15-28-18-23)29-16-14-21-10-12-22(13-11-21)27(33)32(5)26(7-2)25-17-19(3)30-31-25/h8-13,15,17-18,20,24,26,29H,6-7,14,16H2,1-5H3,(H,30,31). The molecule has 1 amide bonds. The van der Waals surface area contributed by atoms with E-state index in [9.17, 15) is 4.79 Å². The van der Waals surface area contributed by atoms with Crippen molar-refractivity contribution in [1.82, 2.24) is 25.4 Å². The SMILES string of the molecule is CCC(NCCc1ccc(C(=O)N(C)C(CC)c2cc(C)[nH]n2)cc1)C(C)c1cccnc1. The molecule has 2 heterocycles. The number of nitrogens with one attached hydrogen (secondary N) is 2. The van der Waals surface area contributed by atoms with Crippen molar-refractivity contribution < 1.29 is 4.79 Å². The number of aromatic amines is 1. The Labute approximate surface area is 197 Å². The van der Waals surface area contributed by atoms with Crippen molar-refractivity contribution in [2.45, 2.75) is 65.0 Å². The molecule has 0 bridgehead atoms. The zero-order valence-electron chi connectivity index (χ0n) is 20.5. The van der Waals surface area contributed by atoms with E-state index in [2.05, 4.69) is 59.5 Å². The van der Waals surface area contributed by atoms with Crippen molar-refractivity contribution in [3.8, 4) is 0 Å². The van der Waals surface area contributed by atoms with Crippen molar-refractivity contribution in [1.29, 1.82) is 0 Å². The van der Waals surface area contributed by atoms with Gasteiger partial charge in [0.15, 0.2) is 0 Å². The van der Waals surface area contributed by atoms with Crippen molar-refractivity contribution in [3.63, 3.8) is 0 Å². The molecule has 0 aliphatic rings. The first-order valence-electron chi connectivity index (χ1n) is 12.0. The number of carbonyl (C=O) groups is 1. The molecule has 0 saturated heterocycles. The monoisotopic (exact) mass is 447 g/mol. The summed E-state index contributed by atoms with van der Waals surface area (Å²) in [6.45, 7) is 9.42. The number of carbonyl (C=O) groups excluding carboxylic acids is 1. The number of benzene rings is 1. The lowest BCUT2D eigenvalue weighted by Gasteiger charge is -2.26. The number of aromatic nitrogens is 3. The topological polar surface area (TPSA) is 73.9 Å². The third-order valence-electron chi connectivity index (χ3n) is 6.52. The Morgan fingerprint density at radius 3 is 2.48 bits per heavy atom. The molecule has 2 N–H and O–H groups in total. The van der Waals surface area contributed by atoms with E-state index in [1.54, 1.807) is 4.90 Å². The summed E-state index contributed by atoms with van der Waals surface area (Å²) >= 11 is 0. The Hall–Kier alpha value is -2.99. The molecule has 1 aromatic carbocycles. The van der Waals surface area contributed by atoms with E-state index < -0.39 is 0 Å². The fraction of sp³-hybridized carbons (Fsp3) is 0.444. The number of amides is 1. The van der Waals surface area contributed by atoms with E-state index in [0.717, 1.165) is 37.2 Å². The Balaban J connectivity index is 1.55. The molecule has 0 radical (unpaired) electrons. The fourth-order valence-corrected chi connectivity index (χ4v) is 4.40.